The molecular formula is C14H22N2O4. The predicted molar refractivity (Wildman–Crippen MR) is 76.9 cm³/mol. The lowest BCUT2D eigenvalue weighted by Gasteiger charge is -2.29. The van der Waals surface area contributed by atoms with Gasteiger partial charge in [-0.25, -0.2) is 0 Å². The molecule has 0 heterocycles. The summed E-state index contributed by atoms with van der Waals surface area (Å²) in [6.45, 7) is 4.69. The van der Waals surface area contributed by atoms with E-state index in [1.807, 2.05) is 13.8 Å². The molecule has 0 aliphatic rings. The lowest BCUT2D eigenvalue weighted by Crippen LogP contribution is -2.42. The van der Waals surface area contributed by atoms with Crippen molar-refractivity contribution in [3.05, 3.63) is 33.9 Å². The first-order valence-electron chi connectivity index (χ1n) is 6.63. The number of hydrogen-bond donors (Lipinski definition) is 2. The number of nitrogens with zero attached hydrogens (tertiary/aromatic N) is 1. The van der Waals surface area contributed by atoms with Crippen LogP contribution in [0.1, 0.15) is 32.3 Å². The molecule has 112 valence electrons. The van der Waals surface area contributed by atoms with E-state index in [-0.39, 0.29) is 23.6 Å². The van der Waals surface area contributed by atoms with Gasteiger partial charge in [-0.2, -0.15) is 0 Å². The van der Waals surface area contributed by atoms with Crippen LogP contribution in [0.4, 0.5) is 5.69 Å². The van der Waals surface area contributed by atoms with E-state index in [0.717, 1.165) is 12.0 Å². The van der Waals surface area contributed by atoms with Gasteiger partial charge >= 0.3 is 5.69 Å². The van der Waals surface area contributed by atoms with Gasteiger partial charge in [0.2, 0.25) is 0 Å². The molecule has 0 bridgehead atoms. The van der Waals surface area contributed by atoms with Crippen molar-refractivity contribution >= 4 is 5.69 Å². The highest BCUT2D eigenvalue weighted by molar-refractivity contribution is 5.48. The summed E-state index contributed by atoms with van der Waals surface area (Å²) >= 11 is 0. The van der Waals surface area contributed by atoms with E-state index >= 15 is 0 Å². The summed E-state index contributed by atoms with van der Waals surface area (Å²) < 4.78 is 4.97. The fourth-order valence-electron chi connectivity index (χ4n) is 1.94. The SMILES string of the molecule is CCC(C)(CCO)NCc1ccc(OC)c([N+](=O)[O-])c1. The number of aliphatic hydroxyl groups excluding tert-OH is 1. The van der Waals surface area contributed by atoms with Crippen molar-refractivity contribution in [3.63, 3.8) is 0 Å². The van der Waals surface area contributed by atoms with E-state index in [2.05, 4.69) is 5.32 Å². The van der Waals surface area contributed by atoms with E-state index in [9.17, 15) is 10.1 Å². The zero-order valence-electron chi connectivity index (χ0n) is 12.2. The lowest BCUT2D eigenvalue weighted by molar-refractivity contribution is -0.385. The zero-order chi connectivity index (χ0) is 15.2. The number of aliphatic hydroxyl groups is 1. The van der Waals surface area contributed by atoms with Crippen LogP contribution >= 0.6 is 0 Å². The molecule has 0 aliphatic carbocycles. The van der Waals surface area contributed by atoms with Gasteiger partial charge in [0.15, 0.2) is 5.75 Å². The van der Waals surface area contributed by atoms with Crippen molar-refractivity contribution in [2.75, 3.05) is 13.7 Å². The monoisotopic (exact) mass is 282 g/mol. The lowest BCUT2D eigenvalue weighted by atomic mass is 9.94. The average molecular weight is 282 g/mol. The fraction of sp³-hybridized carbons (Fsp3) is 0.571. The number of rotatable bonds is 8. The Morgan fingerprint density at radius 1 is 1.50 bits per heavy atom. The normalized spacial score (nSPS) is 13.8. The van der Waals surface area contributed by atoms with Gasteiger partial charge in [-0.15, -0.1) is 0 Å². The Balaban J connectivity index is 2.83. The number of ether oxygens (including phenoxy) is 1. The smallest absolute Gasteiger partial charge is 0.311 e. The van der Waals surface area contributed by atoms with Gasteiger partial charge in [0.25, 0.3) is 0 Å². The van der Waals surface area contributed by atoms with Crippen LogP contribution in [0.3, 0.4) is 0 Å². The molecule has 2 N–H and O–H groups in total. The predicted octanol–water partition coefficient (Wildman–Crippen LogP) is 2.24. The van der Waals surface area contributed by atoms with Crippen LogP contribution in [-0.4, -0.2) is 29.3 Å². The van der Waals surface area contributed by atoms with Gasteiger partial charge in [0.05, 0.1) is 12.0 Å². The van der Waals surface area contributed by atoms with Crippen LogP contribution in [-0.2, 0) is 6.54 Å². The summed E-state index contributed by atoms with van der Waals surface area (Å²) in [7, 11) is 1.41. The molecule has 0 amide bonds. The van der Waals surface area contributed by atoms with E-state index < -0.39 is 4.92 Å². The molecule has 0 fully saturated rings. The maximum absolute atomic E-state index is 11.0. The Hall–Kier alpha value is -1.66. The minimum atomic E-state index is -0.449. The number of benzene rings is 1. The number of nitrogens with one attached hydrogen (secondary N) is 1. The van der Waals surface area contributed by atoms with Crippen molar-refractivity contribution in [1.82, 2.24) is 5.32 Å². The summed E-state index contributed by atoms with van der Waals surface area (Å²) in [6.07, 6.45) is 1.51. The molecule has 0 saturated carbocycles. The summed E-state index contributed by atoms with van der Waals surface area (Å²) in [4.78, 5) is 10.5. The van der Waals surface area contributed by atoms with Crippen LogP contribution < -0.4 is 10.1 Å². The molecule has 0 aliphatic heterocycles. The molecule has 0 radical (unpaired) electrons. The molecule has 6 nitrogen and oxygen atoms in total. The van der Waals surface area contributed by atoms with Crippen LogP contribution in [0.5, 0.6) is 5.75 Å². The first kappa shape index (κ1) is 16.4. The molecule has 1 atom stereocenters. The Labute approximate surface area is 118 Å². The topological polar surface area (TPSA) is 84.6 Å². The van der Waals surface area contributed by atoms with Crippen molar-refractivity contribution in [1.29, 1.82) is 0 Å². The molecule has 1 rings (SSSR count). The third-order valence-electron chi connectivity index (χ3n) is 3.60. The van der Waals surface area contributed by atoms with Gasteiger partial charge in [-0.1, -0.05) is 13.0 Å². The Kier molecular flexibility index (Phi) is 5.91. The highest BCUT2D eigenvalue weighted by Crippen LogP contribution is 2.27. The Morgan fingerprint density at radius 2 is 2.20 bits per heavy atom. The second kappa shape index (κ2) is 7.21. The van der Waals surface area contributed by atoms with Crippen LogP contribution in [0.25, 0.3) is 0 Å². The third-order valence-corrected chi connectivity index (χ3v) is 3.60. The van der Waals surface area contributed by atoms with Crippen molar-refractivity contribution in [3.8, 4) is 5.75 Å². The fourth-order valence-corrected chi connectivity index (χ4v) is 1.94. The molecule has 1 aromatic carbocycles. The molecule has 1 unspecified atom stereocenters. The maximum atomic E-state index is 11.0. The highest BCUT2D eigenvalue weighted by atomic mass is 16.6. The van der Waals surface area contributed by atoms with E-state index in [4.69, 9.17) is 9.84 Å². The molecule has 0 spiro atoms. The molecule has 1 aromatic rings. The van der Waals surface area contributed by atoms with Gasteiger partial charge in [-0.05, 0) is 31.4 Å². The largest absolute Gasteiger partial charge is 0.490 e. The van der Waals surface area contributed by atoms with Gasteiger partial charge in [0.1, 0.15) is 0 Å². The number of methoxy groups -OCH3 is 1. The molecular weight excluding hydrogens is 260 g/mol. The second-order valence-corrected chi connectivity index (χ2v) is 5.00. The maximum Gasteiger partial charge on any atom is 0.311 e. The summed E-state index contributed by atoms with van der Waals surface area (Å²) in [5.74, 6) is 0.257. The standard InChI is InChI=1S/C14H22N2O4/c1-4-14(2,7-8-17)15-10-11-5-6-13(20-3)12(9-11)16(18)19/h5-6,9,15,17H,4,7-8,10H2,1-3H3. The quantitative estimate of drug-likeness (QED) is 0.564. The molecule has 6 heteroatoms. The first-order valence-corrected chi connectivity index (χ1v) is 6.63. The zero-order valence-corrected chi connectivity index (χ0v) is 12.2. The second-order valence-electron chi connectivity index (χ2n) is 5.00. The molecule has 0 aromatic heterocycles. The van der Waals surface area contributed by atoms with Crippen LogP contribution in [0, 0.1) is 10.1 Å². The minimum Gasteiger partial charge on any atom is -0.490 e. The van der Waals surface area contributed by atoms with Gasteiger partial charge in [-0.3, -0.25) is 10.1 Å². The minimum absolute atomic E-state index is 0.0350. The van der Waals surface area contributed by atoms with Crippen molar-refractivity contribution in [2.45, 2.75) is 38.8 Å². The van der Waals surface area contributed by atoms with E-state index in [1.165, 1.54) is 13.2 Å². The summed E-state index contributed by atoms with van der Waals surface area (Å²) in [5, 5.41) is 23.4. The van der Waals surface area contributed by atoms with Crippen molar-refractivity contribution in [2.24, 2.45) is 0 Å². The summed E-state index contributed by atoms with van der Waals surface area (Å²) in [5.41, 5.74) is 0.603. The number of nitro groups is 1. The molecule has 0 saturated heterocycles. The highest BCUT2D eigenvalue weighted by Gasteiger charge is 2.21. The van der Waals surface area contributed by atoms with Gasteiger partial charge in [0, 0.05) is 24.8 Å². The number of nitro benzene ring substituents is 1. The third kappa shape index (κ3) is 4.18. The average Bonchev–Trinajstić information content (AvgIpc) is 2.45. The Bertz CT molecular complexity index is 464. The van der Waals surface area contributed by atoms with E-state index in [0.29, 0.717) is 13.0 Å². The van der Waals surface area contributed by atoms with Crippen LogP contribution in [0.2, 0.25) is 0 Å². The van der Waals surface area contributed by atoms with Gasteiger partial charge < -0.3 is 15.2 Å². The van der Waals surface area contributed by atoms with Crippen LogP contribution in [0.15, 0.2) is 18.2 Å². The van der Waals surface area contributed by atoms with Crippen molar-refractivity contribution < 1.29 is 14.8 Å². The Morgan fingerprint density at radius 3 is 2.70 bits per heavy atom. The summed E-state index contributed by atoms with van der Waals surface area (Å²) in [6, 6.07) is 4.92. The first-order chi connectivity index (χ1) is 9.45. The number of hydrogen-bond acceptors (Lipinski definition) is 5. The molecule has 20 heavy (non-hydrogen) atoms. The van der Waals surface area contributed by atoms with E-state index in [1.54, 1.807) is 12.1 Å².